The number of aromatic nitrogens is 2. The van der Waals surface area contributed by atoms with Gasteiger partial charge in [0.25, 0.3) is 0 Å². The Labute approximate surface area is 118 Å². The molecule has 102 valence electrons. The molecule has 18 heavy (non-hydrogen) atoms. The molecule has 0 saturated heterocycles. The second-order valence-corrected chi connectivity index (χ2v) is 7.33. The van der Waals surface area contributed by atoms with Gasteiger partial charge in [-0.2, -0.15) is 0 Å². The quantitative estimate of drug-likeness (QED) is 0.867. The van der Waals surface area contributed by atoms with Crippen LogP contribution in [-0.2, 0) is 0 Å². The molecule has 3 nitrogen and oxygen atoms in total. The molecule has 0 radical (unpaired) electrons. The van der Waals surface area contributed by atoms with Crippen molar-refractivity contribution in [1.82, 2.24) is 15.5 Å². The zero-order chi connectivity index (χ0) is 12.8. The highest BCUT2D eigenvalue weighted by atomic mass is 32.2. The molecule has 3 unspecified atom stereocenters. The number of rotatable bonds is 6. The summed E-state index contributed by atoms with van der Waals surface area (Å²) >= 11 is 3.60. The first-order chi connectivity index (χ1) is 8.83. The van der Waals surface area contributed by atoms with Gasteiger partial charge >= 0.3 is 0 Å². The van der Waals surface area contributed by atoms with Gasteiger partial charge in [-0.3, -0.25) is 0 Å². The van der Waals surface area contributed by atoms with Crippen molar-refractivity contribution in [1.29, 1.82) is 0 Å². The third-order valence-corrected chi connectivity index (χ3v) is 5.89. The van der Waals surface area contributed by atoms with E-state index in [1.54, 1.807) is 11.3 Å². The molecule has 0 aliphatic heterocycles. The van der Waals surface area contributed by atoms with Crippen LogP contribution in [0.3, 0.4) is 0 Å². The normalized spacial score (nSPS) is 28.4. The van der Waals surface area contributed by atoms with Gasteiger partial charge < -0.3 is 5.32 Å². The van der Waals surface area contributed by atoms with E-state index in [0.29, 0.717) is 11.3 Å². The summed E-state index contributed by atoms with van der Waals surface area (Å²) in [7, 11) is 0. The third-order valence-electron chi connectivity index (χ3n) is 3.73. The van der Waals surface area contributed by atoms with Crippen LogP contribution >= 0.6 is 23.1 Å². The van der Waals surface area contributed by atoms with Gasteiger partial charge in [0.1, 0.15) is 5.51 Å². The maximum atomic E-state index is 4.18. The molecular formula is C13H23N3S2. The van der Waals surface area contributed by atoms with Crippen molar-refractivity contribution >= 4 is 23.1 Å². The van der Waals surface area contributed by atoms with Gasteiger partial charge in [-0.25, -0.2) is 0 Å². The van der Waals surface area contributed by atoms with Crippen LogP contribution in [0.2, 0.25) is 0 Å². The summed E-state index contributed by atoms with van der Waals surface area (Å²) in [5.41, 5.74) is 1.83. The fraction of sp³-hybridized carbons (Fsp3) is 0.846. The largest absolute Gasteiger partial charge is 0.313 e. The average molecular weight is 285 g/mol. The lowest BCUT2D eigenvalue weighted by molar-refractivity contribution is 0.295. The van der Waals surface area contributed by atoms with E-state index in [1.807, 2.05) is 17.3 Å². The van der Waals surface area contributed by atoms with Crippen molar-refractivity contribution in [2.75, 3.05) is 6.54 Å². The van der Waals surface area contributed by atoms with Crippen LogP contribution in [0.1, 0.15) is 46.0 Å². The molecule has 1 saturated carbocycles. The fourth-order valence-electron chi connectivity index (χ4n) is 2.62. The molecule has 2 rings (SSSR count). The maximum Gasteiger partial charge on any atom is 0.174 e. The number of hydrogen-bond donors (Lipinski definition) is 1. The Morgan fingerprint density at radius 2 is 2.33 bits per heavy atom. The summed E-state index contributed by atoms with van der Waals surface area (Å²) in [5.74, 6) is 0.898. The van der Waals surface area contributed by atoms with E-state index in [4.69, 9.17) is 0 Å². The lowest BCUT2D eigenvalue weighted by Gasteiger charge is -2.35. The Bertz CT molecular complexity index is 329. The Morgan fingerprint density at radius 3 is 3.00 bits per heavy atom. The molecule has 0 bridgehead atoms. The average Bonchev–Trinajstić information content (AvgIpc) is 2.90. The first-order valence-electron chi connectivity index (χ1n) is 6.99. The van der Waals surface area contributed by atoms with Gasteiger partial charge in [0, 0.05) is 11.3 Å². The summed E-state index contributed by atoms with van der Waals surface area (Å²) in [6.45, 7) is 5.68. The zero-order valence-electron chi connectivity index (χ0n) is 11.3. The predicted octanol–water partition coefficient (Wildman–Crippen LogP) is 3.58. The Balaban J connectivity index is 1.94. The summed E-state index contributed by atoms with van der Waals surface area (Å²) in [6, 6.07) is 0.654. The predicted molar refractivity (Wildman–Crippen MR) is 79.3 cm³/mol. The minimum atomic E-state index is 0.654. The topological polar surface area (TPSA) is 37.8 Å². The molecule has 1 heterocycles. The maximum absolute atomic E-state index is 4.18. The van der Waals surface area contributed by atoms with Crippen molar-refractivity contribution < 1.29 is 0 Å². The van der Waals surface area contributed by atoms with Gasteiger partial charge in [-0.15, -0.1) is 10.2 Å². The van der Waals surface area contributed by atoms with Gasteiger partial charge in [-0.05, 0) is 38.1 Å². The Kier molecular flexibility index (Phi) is 5.92. The van der Waals surface area contributed by atoms with E-state index in [0.717, 1.165) is 16.8 Å². The van der Waals surface area contributed by atoms with Gasteiger partial charge in [-0.1, -0.05) is 43.4 Å². The molecule has 1 aliphatic rings. The summed E-state index contributed by atoms with van der Waals surface area (Å²) in [6.07, 6.45) is 6.54. The highest BCUT2D eigenvalue weighted by molar-refractivity contribution is 8.01. The minimum Gasteiger partial charge on any atom is -0.313 e. The SMILES string of the molecule is CCCNC1CCC(CC)CC1Sc1nncs1. The highest BCUT2D eigenvalue weighted by Crippen LogP contribution is 2.37. The number of nitrogens with one attached hydrogen (secondary N) is 1. The van der Waals surface area contributed by atoms with Gasteiger partial charge in [0.15, 0.2) is 4.34 Å². The standard InChI is InChI=1S/C13H23N3S2/c1-3-7-14-11-6-5-10(4-2)8-12(11)18-13-16-15-9-17-13/h9-12,14H,3-8H2,1-2H3. The molecule has 1 aliphatic carbocycles. The van der Waals surface area contributed by atoms with Crippen LogP contribution in [0.4, 0.5) is 0 Å². The van der Waals surface area contributed by atoms with Crippen molar-refractivity contribution in [2.24, 2.45) is 5.92 Å². The molecule has 5 heteroatoms. The number of hydrogen-bond acceptors (Lipinski definition) is 5. The number of nitrogens with zero attached hydrogens (tertiary/aromatic N) is 2. The van der Waals surface area contributed by atoms with Crippen LogP contribution in [0.25, 0.3) is 0 Å². The molecule has 1 aromatic heterocycles. The molecule has 1 aromatic rings. The highest BCUT2D eigenvalue weighted by Gasteiger charge is 2.30. The van der Waals surface area contributed by atoms with E-state index in [1.165, 1.54) is 32.1 Å². The van der Waals surface area contributed by atoms with Crippen LogP contribution in [0.5, 0.6) is 0 Å². The van der Waals surface area contributed by atoms with Gasteiger partial charge in [0.05, 0.1) is 0 Å². The van der Waals surface area contributed by atoms with Crippen molar-refractivity contribution in [2.45, 2.75) is 61.6 Å². The van der Waals surface area contributed by atoms with Gasteiger partial charge in [0.2, 0.25) is 0 Å². The summed E-state index contributed by atoms with van der Waals surface area (Å²) in [4.78, 5) is 0. The monoisotopic (exact) mass is 285 g/mol. The van der Waals surface area contributed by atoms with Crippen LogP contribution in [0.15, 0.2) is 9.85 Å². The molecule has 1 N–H and O–H groups in total. The lowest BCUT2D eigenvalue weighted by Crippen LogP contribution is -2.42. The van der Waals surface area contributed by atoms with E-state index >= 15 is 0 Å². The lowest BCUT2D eigenvalue weighted by atomic mass is 9.84. The molecule has 0 spiro atoms. The molecule has 0 amide bonds. The smallest absolute Gasteiger partial charge is 0.174 e. The van der Waals surface area contributed by atoms with Crippen LogP contribution < -0.4 is 5.32 Å². The van der Waals surface area contributed by atoms with E-state index in [-0.39, 0.29) is 0 Å². The van der Waals surface area contributed by atoms with E-state index < -0.39 is 0 Å². The fourth-order valence-corrected chi connectivity index (χ4v) is 4.74. The summed E-state index contributed by atoms with van der Waals surface area (Å²) < 4.78 is 1.13. The molecule has 0 aromatic carbocycles. The third kappa shape index (κ3) is 3.93. The molecule has 1 fully saturated rings. The van der Waals surface area contributed by atoms with E-state index in [2.05, 4.69) is 29.4 Å². The van der Waals surface area contributed by atoms with E-state index in [9.17, 15) is 0 Å². The van der Waals surface area contributed by atoms with Crippen molar-refractivity contribution in [3.8, 4) is 0 Å². The molecular weight excluding hydrogens is 262 g/mol. The number of thioether (sulfide) groups is 1. The minimum absolute atomic E-state index is 0.654. The Morgan fingerprint density at radius 1 is 1.44 bits per heavy atom. The summed E-state index contributed by atoms with van der Waals surface area (Å²) in [5, 5.41) is 12.5. The zero-order valence-corrected chi connectivity index (χ0v) is 12.9. The van der Waals surface area contributed by atoms with Crippen molar-refractivity contribution in [3.63, 3.8) is 0 Å². The van der Waals surface area contributed by atoms with Crippen molar-refractivity contribution in [3.05, 3.63) is 5.51 Å². The second-order valence-electron chi connectivity index (χ2n) is 5.01. The van der Waals surface area contributed by atoms with Crippen LogP contribution in [-0.4, -0.2) is 28.0 Å². The second kappa shape index (κ2) is 7.46. The Hall–Kier alpha value is -0.130. The molecule has 3 atom stereocenters. The first kappa shape index (κ1) is 14.3. The van der Waals surface area contributed by atoms with Crippen LogP contribution in [0, 0.1) is 5.92 Å². The first-order valence-corrected chi connectivity index (χ1v) is 8.75.